The van der Waals surface area contributed by atoms with Crippen LogP contribution < -0.4 is 0 Å². The van der Waals surface area contributed by atoms with E-state index in [0.717, 1.165) is 29.6 Å². The van der Waals surface area contributed by atoms with Gasteiger partial charge < -0.3 is 0 Å². The normalized spacial score (nSPS) is 24.7. The average molecular weight is 252 g/mol. The van der Waals surface area contributed by atoms with Crippen molar-refractivity contribution in [3.8, 4) is 0 Å². The molecule has 18 heavy (non-hydrogen) atoms. The third-order valence-electron chi connectivity index (χ3n) is 4.55. The molecule has 2 unspecified atom stereocenters. The SMILES string of the molecule is CC.CC1=C(C(C)C)CC(C(C)C)CC1C(C)C. The van der Waals surface area contributed by atoms with Gasteiger partial charge in [-0.1, -0.05) is 66.5 Å². The van der Waals surface area contributed by atoms with Crippen LogP contribution in [0, 0.1) is 29.6 Å². The largest absolute Gasteiger partial charge is 0.0705 e. The summed E-state index contributed by atoms with van der Waals surface area (Å²) in [7, 11) is 0. The van der Waals surface area contributed by atoms with Crippen LogP contribution in [0.2, 0.25) is 0 Å². The standard InChI is InChI=1S/C16H30.C2H6/c1-10(2)14-8-15(11(3)4)13(7)16(9-14)12(5)6;1-2/h10-12,14-15H,8-9H2,1-7H3;1-2H3. The van der Waals surface area contributed by atoms with E-state index in [1.165, 1.54) is 12.8 Å². The molecule has 1 aliphatic rings. The summed E-state index contributed by atoms with van der Waals surface area (Å²) in [4.78, 5) is 0. The lowest BCUT2D eigenvalue weighted by Gasteiger charge is -2.38. The molecule has 0 aliphatic heterocycles. The van der Waals surface area contributed by atoms with Crippen molar-refractivity contribution in [2.75, 3.05) is 0 Å². The van der Waals surface area contributed by atoms with Gasteiger partial charge in [-0.2, -0.15) is 0 Å². The Kier molecular flexibility index (Phi) is 7.90. The highest BCUT2D eigenvalue weighted by molar-refractivity contribution is 5.21. The second-order valence-corrected chi connectivity index (χ2v) is 6.66. The Labute approximate surface area is 116 Å². The Morgan fingerprint density at radius 3 is 1.72 bits per heavy atom. The van der Waals surface area contributed by atoms with Crippen LogP contribution in [0.5, 0.6) is 0 Å². The number of hydrogen-bond acceptors (Lipinski definition) is 0. The molecular weight excluding hydrogens is 216 g/mol. The van der Waals surface area contributed by atoms with E-state index in [1.54, 1.807) is 11.1 Å². The second-order valence-electron chi connectivity index (χ2n) is 6.66. The summed E-state index contributed by atoms with van der Waals surface area (Å²) in [5.74, 6) is 4.12. The Morgan fingerprint density at radius 1 is 0.889 bits per heavy atom. The Hall–Kier alpha value is -0.260. The van der Waals surface area contributed by atoms with E-state index in [2.05, 4.69) is 48.5 Å². The smallest absolute Gasteiger partial charge is 0.0177 e. The van der Waals surface area contributed by atoms with E-state index in [9.17, 15) is 0 Å². The van der Waals surface area contributed by atoms with Crippen molar-refractivity contribution >= 4 is 0 Å². The predicted molar refractivity (Wildman–Crippen MR) is 84.8 cm³/mol. The van der Waals surface area contributed by atoms with Gasteiger partial charge in [-0.15, -0.1) is 0 Å². The van der Waals surface area contributed by atoms with Gasteiger partial charge in [0.1, 0.15) is 0 Å². The molecular formula is C18H36. The predicted octanol–water partition coefficient (Wildman–Crippen LogP) is 6.32. The summed E-state index contributed by atoms with van der Waals surface area (Å²) in [5.41, 5.74) is 3.46. The van der Waals surface area contributed by atoms with Gasteiger partial charge in [0.25, 0.3) is 0 Å². The van der Waals surface area contributed by atoms with Crippen molar-refractivity contribution in [2.24, 2.45) is 29.6 Å². The fourth-order valence-corrected chi connectivity index (χ4v) is 3.24. The first-order chi connectivity index (χ1) is 8.34. The highest BCUT2D eigenvalue weighted by atomic mass is 14.4. The molecule has 2 atom stereocenters. The van der Waals surface area contributed by atoms with Crippen LogP contribution in [0.1, 0.15) is 75.2 Å². The summed E-state index contributed by atoms with van der Waals surface area (Å²) >= 11 is 0. The summed E-state index contributed by atoms with van der Waals surface area (Å²) < 4.78 is 0. The first-order valence-corrected chi connectivity index (χ1v) is 8.04. The zero-order chi connectivity index (χ0) is 14.5. The summed E-state index contributed by atoms with van der Waals surface area (Å²) in [6.45, 7) is 20.7. The molecule has 1 aliphatic carbocycles. The summed E-state index contributed by atoms with van der Waals surface area (Å²) in [6.07, 6.45) is 2.77. The lowest BCUT2D eigenvalue weighted by atomic mass is 9.68. The van der Waals surface area contributed by atoms with E-state index < -0.39 is 0 Å². The molecule has 0 nitrogen and oxygen atoms in total. The average Bonchev–Trinajstić information content (AvgIpc) is 2.30. The van der Waals surface area contributed by atoms with E-state index in [-0.39, 0.29) is 0 Å². The quantitative estimate of drug-likeness (QED) is 0.515. The Morgan fingerprint density at radius 2 is 1.39 bits per heavy atom. The molecule has 0 saturated heterocycles. The molecule has 108 valence electrons. The lowest BCUT2D eigenvalue weighted by Crippen LogP contribution is -2.26. The fraction of sp³-hybridized carbons (Fsp3) is 0.889. The number of hydrogen-bond donors (Lipinski definition) is 0. The molecule has 0 spiro atoms. The van der Waals surface area contributed by atoms with Crippen molar-refractivity contribution < 1.29 is 0 Å². The van der Waals surface area contributed by atoms with Crippen LogP contribution in [0.3, 0.4) is 0 Å². The molecule has 0 N–H and O–H groups in total. The van der Waals surface area contributed by atoms with E-state index in [0.29, 0.717) is 0 Å². The molecule has 0 heterocycles. The third kappa shape index (κ3) is 4.44. The van der Waals surface area contributed by atoms with Gasteiger partial charge in [-0.3, -0.25) is 0 Å². The van der Waals surface area contributed by atoms with Crippen molar-refractivity contribution in [1.82, 2.24) is 0 Å². The highest BCUT2D eigenvalue weighted by Crippen LogP contribution is 2.42. The molecule has 0 aromatic heterocycles. The van der Waals surface area contributed by atoms with Crippen LogP contribution in [0.4, 0.5) is 0 Å². The monoisotopic (exact) mass is 252 g/mol. The first-order valence-electron chi connectivity index (χ1n) is 8.04. The van der Waals surface area contributed by atoms with Gasteiger partial charge in [-0.05, 0) is 49.4 Å². The third-order valence-corrected chi connectivity index (χ3v) is 4.55. The van der Waals surface area contributed by atoms with Crippen LogP contribution in [-0.4, -0.2) is 0 Å². The molecule has 0 heteroatoms. The van der Waals surface area contributed by atoms with E-state index in [1.807, 2.05) is 13.8 Å². The Balaban J connectivity index is 0.00000137. The molecule has 0 fully saturated rings. The maximum absolute atomic E-state index is 2.39. The number of rotatable bonds is 3. The summed E-state index contributed by atoms with van der Waals surface area (Å²) in [6, 6.07) is 0. The first kappa shape index (κ1) is 17.7. The van der Waals surface area contributed by atoms with E-state index >= 15 is 0 Å². The van der Waals surface area contributed by atoms with Gasteiger partial charge in [-0.25, -0.2) is 0 Å². The molecule has 1 rings (SSSR count). The van der Waals surface area contributed by atoms with Gasteiger partial charge >= 0.3 is 0 Å². The molecule has 0 aromatic carbocycles. The van der Waals surface area contributed by atoms with Gasteiger partial charge in [0.2, 0.25) is 0 Å². The molecule has 0 bridgehead atoms. The van der Waals surface area contributed by atoms with Crippen molar-refractivity contribution in [1.29, 1.82) is 0 Å². The van der Waals surface area contributed by atoms with Crippen LogP contribution >= 0.6 is 0 Å². The van der Waals surface area contributed by atoms with Gasteiger partial charge in [0.15, 0.2) is 0 Å². The maximum Gasteiger partial charge on any atom is -0.0177 e. The van der Waals surface area contributed by atoms with Crippen molar-refractivity contribution in [2.45, 2.75) is 75.2 Å². The number of allylic oxidation sites excluding steroid dienone is 2. The summed E-state index contributed by atoms with van der Waals surface area (Å²) in [5, 5.41) is 0. The molecule has 0 aromatic rings. The molecule has 0 radical (unpaired) electrons. The fourth-order valence-electron chi connectivity index (χ4n) is 3.24. The molecule has 0 amide bonds. The minimum absolute atomic E-state index is 0.739. The van der Waals surface area contributed by atoms with Crippen LogP contribution in [-0.2, 0) is 0 Å². The van der Waals surface area contributed by atoms with E-state index in [4.69, 9.17) is 0 Å². The minimum atomic E-state index is 0.739. The second kappa shape index (κ2) is 8.02. The van der Waals surface area contributed by atoms with Gasteiger partial charge in [0, 0.05) is 0 Å². The molecule has 0 saturated carbocycles. The zero-order valence-electron chi connectivity index (χ0n) is 14.3. The maximum atomic E-state index is 2.39. The Bertz CT molecular complexity index is 255. The zero-order valence-corrected chi connectivity index (χ0v) is 14.3. The van der Waals surface area contributed by atoms with Gasteiger partial charge in [0.05, 0.1) is 0 Å². The topological polar surface area (TPSA) is 0 Å². The highest BCUT2D eigenvalue weighted by Gasteiger charge is 2.30. The lowest BCUT2D eigenvalue weighted by molar-refractivity contribution is 0.247. The van der Waals surface area contributed by atoms with Crippen LogP contribution in [0.15, 0.2) is 11.1 Å². The minimum Gasteiger partial charge on any atom is -0.0705 e. The van der Waals surface area contributed by atoms with Crippen LogP contribution in [0.25, 0.3) is 0 Å². The van der Waals surface area contributed by atoms with Crippen molar-refractivity contribution in [3.63, 3.8) is 0 Å². The van der Waals surface area contributed by atoms with Crippen molar-refractivity contribution in [3.05, 3.63) is 11.1 Å².